The van der Waals surface area contributed by atoms with Gasteiger partial charge >= 0.3 is 5.97 Å². The number of hydrogen-bond acceptors (Lipinski definition) is 2. The quantitative estimate of drug-likeness (QED) is 0.275. The van der Waals surface area contributed by atoms with Crippen LogP contribution < -0.4 is 24.0 Å². The maximum Gasteiger partial charge on any atom is 0.392 e. The maximum absolute atomic E-state index is 11.1. The van der Waals surface area contributed by atoms with Gasteiger partial charge in [-0.1, -0.05) is 6.58 Å². The average molecular weight is 299 g/mol. The van der Waals surface area contributed by atoms with E-state index in [2.05, 4.69) is 6.58 Å². The molecule has 0 aliphatic heterocycles. The third kappa shape index (κ3) is 5.25. The second kappa shape index (κ2) is 5.59. The van der Waals surface area contributed by atoms with E-state index in [0.717, 1.165) is 0 Å². The van der Waals surface area contributed by atoms with Crippen LogP contribution in [-0.4, -0.2) is 30.8 Å². The van der Waals surface area contributed by atoms with E-state index >= 15 is 0 Å². The van der Waals surface area contributed by atoms with E-state index in [1.54, 1.807) is 6.92 Å². The van der Waals surface area contributed by atoms with Crippen molar-refractivity contribution in [2.24, 2.45) is 0 Å². The summed E-state index contributed by atoms with van der Waals surface area (Å²) < 4.78 is 0.228. The van der Waals surface area contributed by atoms with Gasteiger partial charge in [-0.05, 0) is 20.8 Å². The molecule has 3 nitrogen and oxygen atoms in total. The molecule has 0 bridgehead atoms. The minimum Gasteiger partial charge on any atom is -1.00 e. The smallest absolute Gasteiger partial charge is 0.392 e. The van der Waals surface area contributed by atoms with Gasteiger partial charge in [-0.2, -0.15) is 0 Å². The Bertz CT molecular complexity index is 200. The fourth-order valence-corrected chi connectivity index (χ4v) is 0.397. The number of quaternary nitrogens is 1. The Hall–Kier alpha value is -0.100. The minimum absolute atomic E-state index is 0. The highest BCUT2D eigenvalue weighted by Gasteiger charge is 2.26. The summed E-state index contributed by atoms with van der Waals surface area (Å²) in [7, 11) is 3.68. The molecule has 4 heteroatoms. The zero-order valence-corrected chi connectivity index (χ0v) is 11.1. The summed E-state index contributed by atoms with van der Waals surface area (Å²) in [5, 5.41) is 0. The molecule has 0 amide bonds. The van der Waals surface area contributed by atoms with Crippen LogP contribution >= 0.6 is 0 Å². The van der Waals surface area contributed by atoms with Crippen LogP contribution in [0, 0.1) is 0 Å². The Balaban J connectivity index is 0. The lowest BCUT2D eigenvalue weighted by atomic mass is 10.3. The van der Waals surface area contributed by atoms with Gasteiger partial charge in [0.15, 0.2) is 0 Å². The van der Waals surface area contributed by atoms with Crippen LogP contribution in [0.3, 0.4) is 0 Å². The van der Waals surface area contributed by atoms with Gasteiger partial charge in [0.1, 0.15) is 20.1 Å². The van der Waals surface area contributed by atoms with E-state index < -0.39 is 0 Å². The summed E-state index contributed by atoms with van der Waals surface area (Å²) in [6.07, 6.45) is 0. The molecule has 0 spiro atoms. The monoisotopic (exact) mass is 299 g/mol. The predicted molar refractivity (Wildman–Crippen MR) is 48.2 cm³/mol. The first-order valence-electron chi connectivity index (χ1n) is 4.00. The van der Waals surface area contributed by atoms with Crippen molar-refractivity contribution in [1.82, 2.24) is 0 Å². The zero-order chi connectivity index (χ0) is 9.94. The number of rotatable bonds is 3. The summed E-state index contributed by atoms with van der Waals surface area (Å²) in [5.74, 6) is -0.339. The Morgan fingerprint density at radius 3 is 2.00 bits per heavy atom. The van der Waals surface area contributed by atoms with Crippen molar-refractivity contribution in [1.29, 1.82) is 0 Å². The summed E-state index contributed by atoms with van der Waals surface area (Å²) in [6, 6.07) is 0.244. The lowest BCUT2D eigenvalue weighted by Gasteiger charge is -2.29. The normalized spacial score (nSPS) is 10.6. The molecule has 0 N–H and O–H groups in total. The first-order chi connectivity index (χ1) is 5.27. The van der Waals surface area contributed by atoms with E-state index in [0.29, 0.717) is 5.57 Å². The van der Waals surface area contributed by atoms with Crippen molar-refractivity contribution < 1.29 is 38.3 Å². The molecule has 0 aromatic heterocycles. The van der Waals surface area contributed by atoms with Crippen LogP contribution in [0.2, 0.25) is 0 Å². The molecule has 0 unspecified atom stereocenters. The molecule has 0 saturated carbocycles. The highest BCUT2D eigenvalue weighted by molar-refractivity contribution is 5.86. The van der Waals surface area contributed by atoms with Crippen LogP contribution in [0.25, 0.3) is 0 Å². The van der Waals surface area contributed by atoms with Gasteiger partial charge in [0, 0.05) is 5.57 Å². The molecule has 0 fully saturated rings. The van der Waals surface area contributed by atoms with Gasteiger partial charge in [-0.15, -0.1) is 4.65 Å². The van der Waals surface area contributed by atoms with Gasteiger partial charge in [0.2, 0.25) is 0 Å². The molecule has 13 heavy (non-hydrogen) atoms. The Kier molecular flexibility index (Phi) is 6.61. The molecular formula is C9H18INO2. The van der Waals surface area contributed by atoms with E-state index in [1.807, 2.05) is 27.9 Å². The van der Waals surface area contributed by atoms with Crippen LogP contribution in [0.4, 0.5) is 0 Å². The van der Waals surface area contributed by atoms with E-state index in [1.165, 1.54) is 0 Å². The van der Waals surface area contributed by atoms with E-state index in [9.17, 15) is 4.79 Å². The largest absolute Gasteiger partial charge is 1.00 e. The fourth-order valence-electron chi connectivity index (χ4n) is 0.397. The summed E-state index contributed by atoms with van der Waals surface area (Å²) >= 11 is 0. The number of carbonyl (C=O) groups is 1. The Morgan fingerprint density at radius 1 is 1.38 bits per heavy atom. The van der Waals surface area contributed by atoms with Crippen molar-refractivity contribution in [3.05, 3.63) is 12.2 Å². The molecule has 0 aromatic rings. The molecule has 0 rings (SSSR count). The van der Waals surface area contributed by atoms with Gasteiger partial charge < -0.3 is 24.0 Å². The third-order valence-electron chi connectivity index (χ3n) is 1.91. The average Bonchev–Trinajstić information content (AvgIpc) is 1.85. The molecular weight excluding hydrogens is 281 g/mol. The van der Waals surface area contributed by atoms with Gasteiger partial charge in [0.05, 0.1) is 0 Å². The summed E-state index contributed by atoms with van der Waals surface area (Å²) in [5.41, 5.74) is 0.432. The van der Waals surface area contributed by atoms with Crippen molar-refractivity contribution in [3.63, 3.8) is 0 Å². The van der Waals surface area contributed by atoms with Gasteiger partial charge in [0.25, 0.3) is 0 Å². The topological polar surface area (TPSA) is 26.3 Å². The van der Waals surface area contributed by atoms with Crippen molar-refractivity contribution in [3.8, 4) is 0 Å². The number of carbonyl (C=O) groups excluding carboxylic acids is 1. The van der Waals surface area contributed by atoms with Crippen LogP contribution in [-0.2, 0) is 9.63 Å². The third-order valence-corrected chi connectivity index (χ3v) is 1.91. The molecule has 0 heterocycles. The predicted octanol–water partition coefficient (Wildman–Crippen LogP) is -1.49. The van der Waals surface area contributed by atoms with Crippen molar-refractivity contribution >= 4 is 5.97 Å². The molecule has 0 aliphatic carbocycles. The highest BCUT2D eigenvalue weighted by Crippen LogP contribution is 2.08. The number of hydrogen-bond donors (Lipinski definition) is 0. The summed E-state index contributed by atoms with van der Waals surface area (Å²) in [6.45, 7) is 9.14. The minimum atomic E-state index is -0.339. The zero-order valence-electron chi connectivity index (χ0n) is 8.93. The number of nitrogens with zero attached hydrogens (tertiary/aromatic N) is 1. The fraction of sp³-hybridized carbons (Fsp3) is 0.667. The first kappa shape index (κ1) is 15.4. The molecule has 0 aliphatic rings. The standard InChI is InChI=1S/C9H18NO2.HI/c1-7(2)9(11)12-10(5,6)8(3)4;/h8H,1H2,2-6H3;1H/q+1;/p-1. The van der Waals surface area contributed by atoms with Gasteiger partial charge in [-0.25, -0.2) is 4.79 Å². The lowest BCUT2D eigenvalue weighted by Crippen LogP contribution is -3.00. The second-order valence-electron chi connectivity index (χ2n) is 3.69. The highest BCUT2D eigenvalue weighted by atomic mass is 127. The van der Waals surface area contributed by atoms with Gasteiger partial charge in [-0.3, -0.25) is 4.84 Å². The molecule has 0 radical (unpaired) electrons. The second-order valence-corrected chi connectivity index (χ2v) is 3.69. The Morgan fingerprint density at radius 2 is 1.77 bits per heavy atom. The van der Waals surface area contributed by atoms with E-state index in [-0.39, 0.29) is 40.6 Å². The SMILES string of the molecule is C=C(C)C(=O)O[N+](C)(C)C(C)C.[I-]. The molecule has 78 valence electrons. The van der Waals surface area contributed by atoms with E-state index in [4.69, 9.17) is 4.84 Å². The number of hydroxylamine groups is 3. The first-order valence-corrected chi connectivity index (χ1v) is 4.00. The van der Waals surface area contributed by atoms with Crippen molar-refractivity contribution in [2.75, 3.05) is 14.1 Å². The number of halogens is 1. The van der Waals surface area contributed by atoms with Crippen LogP contribution in [0.15, 0.2) is 12.2 Å². The Labute approximate surface area is 97.3 Å². The van der Waals surface area contributed by atoms with Crippen molar-refractivity contribution in [2.45, 2.75) is 26.8 Å². The van der Waals surface area contributed by atoms with Crippen LogP contribution in [0.1, 0.15) is 20.8 Å². The molecule has 0 atom stereocenters. The maximum atomic E-state index is 11.1. The molecule has 0 aromatic carbocycles. The van der Waals surface area contributed by atoms with Crippen LogP contribution in [0.5, 0.6) is 0 Å². The molecule has 0 saturated heterocycles. The lowest BCUT2D eigenvalue weighted by molar-refractivity contribution is -1.08. The summed E-state index contributed by atoms with van der Waals surface area (Å²) in [4.78, 5) is 16.3.